The Morgan fingerprint density at radius 1 is 1.26 bits per heavy atom. The van der Waals surface area contributed by atoms with Crippen LogP contribution in [-0.4, -0.2) is 43.8 Å². The number of ether oxygens (including phenoxy) is 2. The van der Waals surface area contributed by atoms with Crippen LogP contribution in [0.1, 0.15) is 28.9 Å². The van der Waals surface area contributed by atoms with Crippen LogP contribution in [0.2, 0.25) is 0 Å². The highest BCUT2D eigenvalue weighted by Crippen LogP contribution is 2.29. The van der Waals surface area contributed by atoms with Gasteiger partial charge in [0.15, 0.2) is 17.6 Å². The van der Waals surface area contributed by atoms with Crippen molar-refractivity contribution < 1.29 is 27.9 Å². The van der Waals surface area contributed by atoms with E-state index in [0.29, 0.717) is 16.6 Å². The van der Waals surface area contributed by atoms with Crippen LogP contribution in [-0.2, 0) is 20.9 Å². The SMILES string of the molecule is CCOC(=O)c1c(C)oc2nc(COC(=O)CSc3nccn3-c3cccc(F)c3)nc(N)c12. The molecule has 3 heterocycles. The van der Waals surface area contributed by atoms with E-state index in [1.807, 2.05) is 0 Å². The molecule has 0 aliphatic carbocycles. The fourth-order valence-corrected chi connectivity index (χ4v) is 4.00. The number of aromatic nitrogens is 4. The number of fused-ring (bicyclic) bond motifs is 1. The van der Waals surface area contributed by atoms with Gasteiger partial charge in [0.05, 0.1) is 23.4 Å². The lowest BCUT2D eigenvalue weighted by Gasteiger charge is -2.08. The molecule has 0 radical (unpaired) electrons. The Morgan fingerprint density at radius 2 is 2.09 bits per heavy atom. The quantitative estimate of drug-likeness (QED) is 0.292. The number of esters is 2. The van der Waals surface area contributed by atoms with Gasteiger partial charge in [-0.15, -0.1) is 0 Å². The normalized spacial score (nSPS) is 11.0. The lowest BCUT2D eigenvalue weighted by molar-refractivity contribution is -0.141. The lowest BCUT2D eigenvalue weighted by atomic mass is 10.2. The summed E-state index contributed by atoms with van der Waals surface area (Å²) in [4.78, 5) is 37.0. The van der Waals surface area contributed by atoms with Crippen LogP contribution in [0.25, 0.3) is 16.8 Å². The number of carbonyl (C=O) groups is 2. The lowest BCUT2D eigenvalue weighted by Crippen LogP contribution is -2.11. The number of imidazole rings is 1. The monoisotopic (exact) mass is 485 g/mol. The summed E-state index contributed by atoms with van der Waals surface area (Å²) in [6.07, 6.45) is 3.23. The van der Waals surface area contributed by atoms with Crippen molar-refractivity contribution in [1.82, 2.24) is 19.5 Å². The number of hydrogen-bond acceptors (Lipinski definition) is 10. The smallest absolute Gasteiger partial charge is 0.342 e. The van der Waals surface area contributed by atoms with Crippen LogP contribution in [0, 0.1) is 12.7 Å². The maximum absolute atomic E-state index is 13.5. The summed E-state index contributed by atoms with van der Waals surface area (Å²) in [5.41, 5.74) is 6.87. The second kappa shape index (κ2) is 9.91. The zero-order valence-electron chi connectivity index (χ0n) is 18.3. The summed E-state index contributed by atoms with van der Waals surface area (Å²) < 4.78 is 31.0. The molecular weight excluding hydrogens is 465 g/mol. The molecule has 0 unspecified atom stereocenters. The Balaban J connectivity index is 1.41. The average Bonchev–Trinajstić information content (AvgIpc) is 3.40. The highest BCUT2D eigenvalue weighted by Gasteiger charge is 2.24. The molecule has 0 spiro atoms. The van der Waals surface area contributed by atoms with Crippen LogP contribution in [0.15, 0.2) is 46.2 Å². The molecular formula is C22H20FN5O5S. The summed E-state index contributed by atoms with van der Waals surface area (Å²) in [7, 11) is 0. The van der Waals surface area contributed by atoms with Gasteiger partial charge < -0.3 is 19.6 Å². The molecule has 0 fully saturated rings. The number of nitrogen functional groups attached to an aromatic ring is 1. The number of nitrogens with zero attached hydrogens (tertiary/aromatic N) is 4. The minimum atomic E-state index is -0.582. The third-order valence-corrected chi connectivity index (χ3v) is 5.60. The van der Waals surface area contributed by atoms with Gasteiger partial charge in [-0.05, 0) is 32.0 Å². The van der Waals surface area contributed by atoms with Crippen molar-refractivity contribution in [3.05, 3.63) is 59.6 Å². The molecule has 1 aromatic carbocycles. The van der Waals surface area contributed by atoms with Crippen molar-refractivity contribution >= 4 is 40.6 Å². The van der Waals surface area contributed by atoms with E-state index in [1.54, 1.807) is 42.9 Å². The van der Waals surface area contributed by atoms with Crippen molar-refractivity contribution in [1.29, 1.82) is 0 Å². The van der Waals surface area contributed by atoms with Gasteiger partial charge in [-0.25, -0.2) is 19.2 Å². The van der Waals surface area contributed by atoms with Crippen LogP contribution in [0.5, 0.6) is 0 Å². The van der Waals surface area contributed by atoms with E-state index in [-0.39, 0.29) is 53.1 Å². The molecule has 0 atom stereocenters. The van der Waals surface area contributed by atoms with E-state index >= 15 is 0 Å². The van der Waals surface area contributed by atoms with Gasteiger partial charge >= 0.3 is 11.9 Å². The van der Waals surface area contributed by atoms with Crippen LogP contribution in [0.4, 0.5) is 10.2 Å². The molecule has 0 bridgehead atoms. The fraction of sp³-hybridized carbons (Fsp3) is 0.227. The number of anilines is 1. The van der Waals surface area contributed by atoms with Gasteiger partial charge in [0, 0.05) is 12.4 Å². The number of hydrogen-bond donors (Lipinski definition) is 1. The molecule has 176 valence electrons. The molecule has 0 aliphatic rings. The topological polar surface area (TPSA) is 135 Å². The van der Waals surface area contributed by atoms with Crippen LogP contribution >= 0.6 is 11.8 Å². The maximum Gasteiger partial charge on any atom is 0.342 e. The van der Waals surface area contributed by atoms with E-state index in [4.69, 9.17) is 19.6 Å². The van der Waals surface area contributed by atoms with Crippen molar-refractivity contribution in [3.8, 4) is 5.69 Å². The first-order valence-electron chi connectivity index (χ1n) is 10.2. The Morgan fingerprint density at radius 3 is 2.85 bits per heavy atom. The van der Waals surface area contributed by atoms with Crippen molar-refractivity contribution in [3.63, 3.8) is 0 Å². The maximum atomic E-state index is 13.5. The highest BCUT2D eigenvalue weighted by molar-refractivity contribution is 7.99. The number of nitrogens with two attached hydrogens (primary N) is 1. The Hall–Kier alpha value is -3.93. The van der Waals surface area contributed by atoms with Crippen molar-refractivity contribution in [2.75, 3.05) is 18.1 Å². The molecule has 0 amide bonds. The average molecular weight is 485 g/mol. The summed E-state index contributed by atoms with van der Waals surface area (Å²) >= 11 is 1.14. The van der Waals surface area contributed by atoms with Gasteiger partial charge in [-0.1, -0.05) is 17.8 Å². The van der Waals surface area contributed by atoms with Crippen LogP contribution < -0.4 is 5.73 Å². The predicted molar refractivity (Wildman–Crippen MR) is 121 cm³/mol. The standard InChI is InChI=1S/C22H20FN5O5S/c1-3-31-21(30)17-12(2)33-20-18(17)19(24)26-15(27-20)10-32-16(29)11-34-22-25-7-8-28(22)14-6-4-5-13(23)9-14/h4-9H,3,10-11H2,1-2H3,(H2,24,26,27). The third kappa shape index (κ3) is 4.86. The first-order chi connectivity index (χ1) is 16.4. The zero-order chi connectivity index (χ0) is 24.2. The molecule has 2 N–H and O–H groups in total. The summed E-state index contributed by atoms with van der Waals surface area (Å²) in [6, 6.07) is 6.03. The minimum absolute atomic E-state index is 0.0162. The van der Waals surface area contributed by atoms with E-state index in [9.17, 15) is 14.0 Å². The molecule has 34 heavy (non-hydrogen) atoms. The number of aryl methyl sites for hydroxylation is 1. The number of halogens is 1. The molecule has 10 nitrogen and oxygen atoms in total. The number of benzene rings is 1. The van der Waals surface area contributed by atoms with Crippen molar-refractivity contribution in [2.24, 2.45) is 0 Å². The highest BCUT2D eigenvalue weighted by atomic mass is 32.2. The Kier molecular flexibility index (Phi) is 6.77. The minimum Gasteiger partial charge on any atom is -0.462 e. The zero-order valence-corrected chi connectivity index (χ0v) is 19.1. The largest absolute Gasteiger partial charge is 0.462 e. The Bertz CT molecular complexity index is 1370. The summed E-state index contributed by atoms with van der Waals surface area (Å²) in [5.74, 6) is -1.11. The van der Waals surface area contributed by atoms with Crippen molar-refractivity contribution in [2.45, 2.75) is 25.6 Å². The van der Waals surface area contributed by atoms with E-state index in [1.165, 1.54) is 12.1 Å². The predicted octanol–water partition coefficient (Wildman–Crippen LogP) is 3.45. The summed E-state index contributed by atoms with van der Waals surface area (Å²) in [5, 5.41) is 0.757. The van der Waals surface area contributed by atoms with E-state index < -0.39 is 11.9 Å². The molecule has 4 aromatic rings. The van der Waals surface area contributed by atoms with Gasteiger partial charge in [0.2, 0.25) is 5.71 Å². The second-order valence-electron chi connectivity index (χ2n) is 6.97. The van der Waals surface area contributed by atoms with E-state index in [0.717, 1.165) is 11.8 Å². The first-order valence-corrected chi connectivity index (χ1v) is 11.2. The number of carbonyl (C=O) groups excluding carboxylic acids is 2. The molecule has 3 aromatic heterocycles. The fourth-order valence-electron chi connectivity index (χ4n) is 3.23. The molecule has 0 saturated carbocycles. The summed E-state index contributed by atoms with van der Waals surface area (Å²) in [6.45, 7) is 3.24. The second-order valence-corrected chi connectivity index (χ2v) is 7.91. The van der Waals surface area contributed by atoms with Crippen LogP contribution in [0.3, 0.4) is 0 Å². The molecule has 12 heteroatoms. The van der Waals surface area contributed by atoms with E-state index in [2.05, 4.69) is 15.0 Å². The van der Waals surface area contributed by atoms with Gasteiger partial charge in [0.1, 0.15) is 23.0 Å². The number of furan rings is 1. The van der Waals surface area contributed by atoms with Gasteiger partial charge in [0.25, 0.3) is 0 Å². The number of rotatable bonds is 8. The molecule has 4 rings (SSSR count). The first kappa shape index (κ1) is 23.2. The molecule has 0 aliphatic heterocycles. The van der Waals surface area contributed by atoms with Gasteiger partial charge in [-0.3, -0.25) is 9.36 Å². The van der Waals surface area contributed by atoms with Gasteiger partial charge in [-0.2, -0.15) is 4.98 Å². The Labute approximate surface area is 197 Å². The third-order valence-electron chi connectivity index (χ3n) is 4.66. The molecule has 0 saturated heterocycles. The number of thioether (sulfide) groups is 1.